The third-order valence-corrected chi connectivity index (χ3v) is 9.77. The molecule has 4 heterocycles. The van der Waals surface area contributed by atoms with Crippen molar-refractivity contribution in [3.8, 4) is 34.2 Å². The Kier molecular flexibility index (Phi) is 5.09. The lowest BCUT2D eigenvalue weighted by Gasteiger charge is -2.10. The van der Waals surface area contributed by atoms with E-state index in [2.05, 4.69) is 66.7 Å². The Bertz CT molecular complexity index is 2770. The molecule has 0 bridgehead atoms. The number of aromatic nitrogens is 3. The monoisotopic (exact) mass is 595 g/mol. The third-order valence-electron chi connectivity index (χ3n) is 8.55. The summed E-state index contributed by atoms with van der Waals surface area (Å²) in [6.45, 7) is 0. The minimum absolute atomic E-state index is 0.593. The van der Waals surface area contributed by atoms with Gasteiger partial charge in [0.2, 0.25) is 0 Å². The number of para-hydroxylation sites is 1. The summed E-state index contributed by atoms with van der Waals surface area (Å²) in [4.78, 5) is 15.3. The largest absolute Gasteiger partial charge is 0.456 e. The molecule has 10 aromatic rings. The summed E-state index contributed by atoms with van der Waals surface area (Å²) in [5, 5.41) is 6.45. The van der Waals surface area contributed by atoms with Crippen LogP contribution in [0.4, 0.5) is 0 Å². The van der Waals surface area contributed by atoms with E-state index in [4.69, 9.17) is 23.8 Å². The van der Waals surface area contributed by atoms with E-state index in [1.165, 1.54) is 15.5 Å². The van der Waals surface area contributed by atoms with Crippen LogP contribution >= 0.6 is 11.3 Å². The van der Waals surface area contributed by atoms with Crippen molar-refractivity contribution in [2.75, 3.05) is 0 Å². The fourth-order valence-corrected chi connectivity index (χ4v) is 7.70. The van der Waals surface area contributed by atoms with E-state index in [1.54, 1.807) is 11.3 Å². The maximum atomic E-state index is 6.45. The summed E-state index contributed by atoms with van der Waals surface area (Å²) in [5.41, 5.74) is 6.04. The quantitative estimate of drug-likeness (QED) is 0.203. The topological polar surface area (TPSA) is 65.0 Å². The minimum Gasteiger partial charge on any atom is -0.456 e. The summed E-state index contributed by atoms with van der Waals surface area (Å²) < 4.78 is 15.1. The highest BCUT2D eigenvalue weighted by atomic mass is 32.1. The van der Waals surface area contributed by atoms with Gasteiger partial charge in [0.1, 0.15) is 22.3 Å². The van der Waals surface area contributed by atoms with Gasteiger partial charge >= 0.3 is 0 Å². The molecule has 0 N–H and O–H groups in total. The van der Waals surface area contributed by atoms with Crippen LogP contribution in [0.25, 0.3) is 98.2 Å². The Hall–Kier alpha value is -5.85. The van der Waals surface area contributed by atoms with E-state index >= 15 is 0 Å². The molecular formula is C39H21N3O2S. The molecule has 6 aromatic carbocycles. The predicted molar refractivity (Wildman–Crippen MR) is 184 cm³/mol. The van der Waals surface area contributed by atoms with E-state index in [0.717, 1.165) is 65.3 Å². The number of thiophene rings is 1. The Morgan fingerprint density at radius 1 is 0.422 bits per heavy atom. The first-order chi connectivity index (χ1) is 22.3. The van der Waals surface area contributed by atoms with E-state index in [9.17, 15) is 0 Å². The average molecular weight is 596 g/mol. The molecule has 0 aliphatic carbocycles. The van der Waals surface area contributed by atoms with Crippen LogP contribution < -0.4 is 0 Å². The van der Waals surface area contributed by atoms with Crippen molar-refractivity contribution in [1.82, 2.24) is 15.0 Å². The molecule has 10 rings (SSSR count). The lowest BCUT2D eigenvalue weighted by molar-refractivity contribution is 0.664. The number of benzene rings is 6. The molecule has 0 amide bonds. The molecule has 4 aromatic heterocycles. The van der Waals surface area contributed by atoms with Crippen molar-refractivity contribution in [2.45, 2.75) is 0 Å². The zero-order valence-electron chi connectivity index (χ0n) is 23.7. The highest BCUT2D eigenvalue weighted by molar-refractivity contribution is 7.26. The fraction of sp³-hybridized carbons (Fsp3) is 0. The molecule has 0 fully saturated rings. The van der Waals surface area contributed by atoms with Gasteiger partial charge in [-0.25, -0.2) is 15.0 Å². The highest BCUT2D eigenvalue weighted by Crippen LogP contribution is 2.42. The van der Waals surface area contributed by atoms with E-state index in [0.29, 0.717) is 17.5 Å². The Balaban J connectivity index is 1.26. The van der Waals surface area contributed by atoms with Crippen LogP contribution in [0.15, 0.2) is 136 Å². The van der Waals surface area contributed by atoms with Gasteiger partial charge in [0.25, 0.3) is 0 Å². The van der Waals surface area contributed by atoms with Crippen molar-refractivity contribution in [3.63, 3.8) is 0 Å². The molecular weight excluding hydrogens is 575 g/mol. The Morgan fingerprint density at radius 2 is 1.04 bits per heavy atom. The molecule has 0 atom stereocenters. The van der Waals surface area contributed by atoms with Gasteiger partial charge in [0.05, 0.1) is 0 Å². The first kappa shape index (κ1) is 24.6. The van der Waals surface area contributed by atoms with Gasteiger partial charge in [0.15, 0.2) is 17.5 Å². The molecule has 0 unspecified atom stereocenters. The van der Waals surface area contributed by atoms with Crippen molar-refractivity contribution in [3.05, 3.63) is 127 Å². The normalized spacial score (nSPS) is 12.0. The number of nitrogens with zero attached hydrogens (tertiary/aromatic N) is 3. The molecule has 0 saturated carbocycles. The second kappa shape index (κ2) is 9.32. The molecule has 5 nitrogen and oxygen atoms in total. The van der Waals surface area contributed by atoms with E-state index < -0.39 is 0 Å². The van der Waals surface area contributed by atoms with Crippen LogP contribution in [0.1, 0.15) is 0 Å². The maximum absolute atomic E-state index is 6.45. The molecule has 0 saturated heterocycles. The molecule has 0 radical (unpaired) electrons. The smallest absolute Gasteiger partial charge is 0.165 e. The van der Waals surface area contributed by atoms with Gasteiger partial charge in [-0.3, -0.25) is 0 Å². The first-order valence-electron chi connectivity index (χ1n) is 14.8. The molecule has 0 aliphatic rings. The van der Waals surface area contributed by atoms with Crippen molar-refractivity contribution >= 4 is 75.4 Å². The molecule has 210 valence electrons. The zero-order chi connectivity index (χ0) is 29.5. The Morgan fingerprint density at radius 3 is 1.96 bits per heavy atom. The SMILES string of the molecule is c1ccc(-c2nc(-c3cccc4c3sc3ccccc34)nc(-c3cccc4oc5cc6c(cc5c34)oc3ccccc36)n2)cc1. The number of rotatable bonds is 3. The molecule has 45 heavy (non-hydrogen) atoms. The second-order valence-corrected chi connectivity index (χ2v) is 12.2. The van der Waals surface area contributed by atoms with Gasteiger partial charge in [0, 0.05) is 58.4 Å². The second-order valence-electron chi connectivity index (χ2n) is 11.2. The number of furan rings is 2. The maximum Gasteiger partial charge on any atom is 0.165 e. The Labute approximate surface area is 260 Å². The summed E-state index contributed by atoms with van der Waals surface area (Å²) in [6, 6.07) is 43.3. The average Bonchev–Trinajstić information content (AvgIpc) is 3.78. The summed E-state index contributed by atoms with van der Waals surface area (Å²) in [6.07, 6.45) is 0. The van der Waals surface area contributed by atoms with Gasteiger partial charge in [-0.2, -0.15) is 0 Å². The minimum atomic E-state index is 0.593. The van der Waals surface area contributed by atoms with Crippen molar-refractivity contribution in [1.29, 1.82) is 0 Å². The predicted octanol–water partition coefficient (Wildman–Crippen LogP) is 11.0. The van der Waals surface area contributed by atoms with Crippen molar-refractivity contribution < 1.29 is 8.83 Å². The van der Waals surface area contributed by atoms with Gasteiger partial charge in [-0.15, -0.1) is 11.3 Å². The zero-order valence-corrected chi connectivity index (χ0v) is 24.5. The molecule has 0 spiro atoms. The number of hydrogen-bond acceptors (Lipinski definition) is 6. The fourth-order valence-electron chi connectivity index (χ4n) is 6.49. The van der Waals surface area contributed by atoms with Crippen LogP contribution in [0.3, 0.4) is 0 Å². The lowest BCUT2D eigenvalue weighted by atomic mass is 10.0. The standard InChI is InChI=1S/C39H21N3O2S/c1-2-10-22(11-3-1)37-40-38(42-39(41-37)27-16-8-14-25-24-13-5-7-19-34(24)45-36(25)27)26-15-9-18-31-35(26)29-21-32-28(20-33(29)44-31)23-12-4-6-17-30(23)43-32/h1-21H. The van der Waals surface area contributed by atoms with E-state index in [-0.39, 0.29) is 0 Å². The van der Waals surface area contributed by atoms with E-state index in [1.807, 2.05) is 60.7 Å². The lowest BCUT2D eigenvalue weighted by Crippen LogP contribution is -2.00. The summed E-state index contributed by atoms with van der Waals surface area (Å²) >= 11 is 1.77. The van der Waals surface area contributed by atoms with Gasteiger partial charge < -0.3 is 8.83 Å². The van der Waals surface area contributed by atoms with Gasteiger partial charge in [-0.05, 0) is 36.4 Å². The highest BCUT2D eigenvalue weighted by Gasteiger charge is 2.20. The van der Waals surface area contributed by atoms with Crippen LogP contribution in [-0.4, -0.2) is 15.0 Å². The van der Waals surface area contributed by atoms with Gasteiger partial charge in [-0.1, -0.05) is 91.0 Å². The van der Waals surface area contributed by atoms with Crippen LogP contribution in [0, 0.1) is 0 Å². The van der Waals surface area contributed by atoms with Crippen LogP contribution in [0.5, 0.6) is 0 Å². The number of fused-ring (bicyclic) bond motifs is 9. The molecule has 6 heteroatoms. The third kappa shape index (κ3) is 3.70. The summed E-state index contributed by atoms with van der Waals surface area (Å²) in [5.74, 6) is 1.86. The van der Waals surface area contributed by atoms with Crippen molar-refractivity contribution in [2.24, 2.45) is 0 Å². The van der Waals surface area contributed by atoms with Crippen LogP contribution in [-0.2, 0) is 0 Å². The molecule has 0 aliphatic heterocycles. The van der Waals surface area contributed by atoms with Crippen LogP contribution in [0.2, 0.25) is 0 Å². The number of hydrogen-bond donors (Lipinski definition) is 0. The first-order valence-corrected chi connectivity index (χ1v) is 15.6. The summed E-state index contributed by atoms with van der Waals surface area (Å²) in [7, 11) is 0.